The van der Waals surface area contributed by atoms with Crippen molar-refractivity contribution >= 4 is 20.9 Å². The van der Waals surface area contributed by atoms with Crippen LogP contribution >= 0.6 is 0 Å². The second-order valence-corrected chi connectivity index (χ2v) is 5.43. The van der Waals surface area contributed by atoms with Crippen LogP contribution in [0.1, 0.15) is 11.1 Å². The monoisotopic (exact) mass is 273 g/mol. The van der Waals surface area contributed by atoms with Gasteiger partial charge in [0.15, 0.2) is 0 Å². The van der Waals surface area contributed by atoms with Crippen LogP contribution in [0.3, 0.4) is 0 Å². The smallest absolute Gasteiger partial charge is 0.282 e. The number of rotatable bonds is 1. The fourth-order valence-corrected chi connectivity index (χ4v) is 3.13. The third-order valence-corrected chi connectivity index (χ3v) is 4.03. The maximum atomic E-state index is 11.2. The van der Waals surface area contributed by atoms with Gasteiger partial charge in [-0.2, -0.15) is 8.42 Å². The van der Waals surface area contributed by atoms with E-state index < -0.39 is 10.1 Å². The van der Waals surface area contributed by atoms with Crippen LogP contribution in [-0.2, 0) is 23.0 Å². The van der Waals surface area contributed by atoms with E-state index >= 15 is 0 Å². The first-order valence-electron chi connectivity index (χ1n) is 5.08. The zero-order chi connectivity index (χ0) is 11.3. The van der Waals surface area contributed by atoms with E-state index in [4.69, 9.17) is 4.55 Å². The first-order valence-corrected chi connectivity index (χ1v) is 6.52. The van der Waals surface area contributed by atoms with Crippen LogP contribution < -0.4 is 51.4 Å². The van der Waals surface area contributed by atoms with Crippen molar-refractivity contribution in [2.24, 2.45) is 0 Å². The molecule has 0 atom stereocenters. The zero-order valence-electron chi connectivity index (χ0n) is 9.47. The fraction of sp³-hybridized carbons (Fsp3) is 0.167. The quantitative estimate of drug-likeness (QED) is 0.546. The van der Waals surface area contributed by atoms with Crippen molar-refractivity contribution in [2.75, 3.05) is 0 Å². The predicted octanol–water partition coefficient (Wildman–Crippen LogP) is -0.811. The van der Waals surface area contributed by atoms with Crippen LogP contribution in [0, 0.1) is 0 Å². The largest absolute Gasteiger partial charge is 1.00 e. The van der Waals surface area contributed by atoms with E-state index in [-0.39, 0.29) is 56.3 Å². The van der Waals surface area contributed by atoms with Crippen LogP contribution in [0.15, 0.2) is 35.2 Å². The molecule has 0 radical (unpaired) electrons. The summed E-state index contributed by atoms with van der Waals surface area (Å²) in [5, 5.41) is 1.63. The Morgan fingerprint density at radius 3 is 2.29 bits per heavy atom. The minimum Gasteiger partial charge on any atom is -0.282 e. The van der Waals surface area contributed by atoms with Crippen LogP contribution in [0.5, 0.6) is 0 Å². The van der Waals surface area contributed by atoms with Gasteiger partial charge in [0.25, 0.3) is 10.1 Å². The minimum absolute atomic E-state index is 0. The third kappa shape index (κ3) is 2.25. The molecule has 0 fully saturated rings. The van der Waals surface area contributed by atoms with Crippen LogP contribution in [0.25, 0.3) is 10.8 Å². The fourth-order valence-electron chi connectivity index (χ4n) is 2.45. The van der Waals surface area contributed by atoms with Gasteiger partial charge in [-0.1, -0.05) is 24.3 Å². The Kier molecular flexibility index (Phi) is 3.81. The van der Waals surface area contributed by atoms with Gasteiger partial charge in [0.1, 0.15) is 4.90 Å². The van der Waals surface area contributed by atoms with E-state index in [1.807, 2.05) is 12.1 Å². The minimum atomic E-state index is -4.14. The molecular formula is C12H10KO3S+. The third-order valence-electron chi connectivity index (χ3n) is 3.11. The molecule has 1 aliphatic rings. The van der Waals surface area contributed by atoms with Gasteiger partial charge in [0.05, 0.1) is 0 Å². The van der Waals surface area contributed by atoms with Crippen LogP contribution in [0.4, 0.5) is 0 Å². The molecule has 0 saturated carbocycles. The predicted molar refractivity (Wildman–Crippen MR) is 61.2 cm³/mol. The van der Waals surface area contributed by atoms with Gasteiger partial charge in [0.2, 0.25) is 0 Å². The van der Waals surface area contributed by atoms with Gasteiger partial charge in [-0.3, -0.25) is 4.55 Å². The number of hydrogen-bond acceptors (Lipinski definition) is 2. The first kappa shape index (κ1) is 13.7. The molecule has 82 valence electrons. The maximum absolute atomic E-state index is 11.2. The maximum Gasteiger partial charge on any atom is 1.00 e. The van der Waals surface area contributed by atoms with E-state index in [9.17, 15) is 8.42 Å². The van der Waals surface area contributed by atoms with E-state index in [1.165, 1.54) is 6.07 Å². The van der Waals surface area contributed by atoms with Gasteiger partial charge in [0, 0.05) is 5.39 Å². The molecule has 0 spiro atoms. The van der Waals surface area contributed by atoms with Crippen molar-refractivity contribution in [3.63, 3.8) is 0 Å². The average molecular weight is 273 g/mol. The van der Waals surface area contributed by atoms with E-state index in [0.29, 0.717) is 5.39 Å². The normalized spacial score (nSPS) is 13.7. The molecule has 17 heavy (non-hydrogen) atoms. The Bertz CT molecular complexity index is 682. The Morgan fingerprint density at radius 1 is 1.00 bits per heavy atom. The Labute approximate surface area is 142 Å². The van der Waals surface area contributed by atoms with Crippen molar-refractivity contribution in [1.29, 1.82) is 0 Å². The molecule has 0 heterocycles. The molecule has 1 aliphatic carbocycles. The average Bonchev–Trinajstić information content (AvgIpc) is 2.63. The molecule has 0 unspecified atom stereocenters. The van der Waals surface area contributed by atoms with E-state index in [1.54, 1.807) is 12.1 Å². The van der Waals surface area contributed by atoms with Gasteiger partial charge in [-0.15, -0.1) is 0 Å². The summed E-state index contributed by atoms with van der Waals surface area (Å²) in [6.45, 7) is 0. The summed E-state index contributed by atoms with van der Waals surface area (Å²) in [6.07, 6.45) is 1.89. The topological polar surface area (TPSA) is 54.4 Å². The molecular weight excluding hydrogens is 263 g/mol. The molecule has 5 heteroatoms. The van der Waals surface area contributed by atoms with Gasteiger partial charge >= 0.3 is 51.4 Å². The summed E-state index contributed by atoms with van der Waals surface area (Å²) in [6, 6.07) is 8.87. The molecule has 0 bridgehead atoms. The second kappa shape index (κ2) is 4.73. The van der Waals surface area contributed by atoms with Gasteiger partial charge in [-0.25, -0.2) is 0 Å². The first-order chi connectivity index (χ1) is 7.57. The van der Waals surface area contributed by atoms with Crippen molar-refractivity contribution < 1.29 is 64.4 Å². The molecule has 1 N–H and O–H groups in total. The summed E-state index contributed by atoms with van der Waals surface area (Å²) in [5.74, 6) is 0. The molecule has 2 aromatic rings. The molecule has 0 saturated heterocycles. The summed E-state index contributed by atoms with van der Waals surface area (Å²) < 4.78 is 31.7. The van der Waals surface area contributed by atoms with Crippen LogP contribution in [0.2, 0.25) is 0 Å². The Morgan fingerprint density at radius 2 is 1.65 bits per heavy atom. The second-order valence-electron chi connectivity index (χ2n) is 4.04. The zero-order valence-corrected chi connectivity index (χ0v) is 13.4. The molecule has 0 amide bonds. The van der Waals surface area contributed by atoms with Crippen molar-refractivity contribution in [3.8, 4) is 0 Å². The van der Waals surface area contributed by atoms with Gasteiger partial charge < -0.3 is 0 Å². The summed E-state index contributed by atoms with van der Waals surface area (Å²) in [4.78, 5) is 0.00926. The Balaban J connectivity index is 0.00000108. The molecule has 0 aliphatic heterocycles. The summed E-state index contributed by atoms with van der Waals surface area (Å²) in [7, 11) is -4.14. The van der Waals surface area contributed by atoms with Crippen molar-refractivity contribution in [1.82, 2.24) is 0 Å². The molecule has 0 aromatic heterocycles. The number of aryl methyl sites for hydroxylation is 2. The standard InChI is InChI=1S/C12H10O3S.K/c13-16(14,15)11-7-6-9-5-4-8-2-1-3-10(11)12(8)9;/h1-3,6-7H,4-5H2,(H,13,14,15);/q;+1. The molecule has 2 aromatic carbocycles. The SMILES string of the molecule is O=S(=O)(O)c1ccc2c3c(cccc13)CC2.[K+]. The molecule has 3 nitrogen and oxygen atoms in total. The van der Waals surface area contributed by atoms with Crippen molar-refractivity contribution in [3.05, 3.63) is 41.5 Å². The number of hydrogen-bond donors (Lipinski definition) is 1. The Hall–Kier alpha value is 0.246. The summed E-state index contributed by atoms with van der Waals surface area (Å²) in [5.41, 5.74) is 2.33. The summed E-state index contributed by atoms with van der Waals surface area (Å²) >= 11 is 0. The van der Waals surface area contributed by atoms with E-state index in [2.05, 4.69) is 0 Å². The number of benzene rings is 2. The van der Waals surface area contributed by atoms with Crippen LogP contribution in [-0.4, -0.2) is 13.0 Å². The van der Waals surface area contributed by atoms with Crippen molar-refractivity contribution in [2.45, 2.75) is 17.7 Å². The van der Waals surface area contributed by atoms with Gasteiger partial charge in [-0.05, 0) is 35.4 Å². The van der Waals surface area contributed by atoms with E-state index in [0.717, 1.165) is 29.4 Å². The molecule has 3 rings (SSSR count).